The second kappa shape index (κ2) is 6.15. The molecule has 4 nitrogen and oxygen atoms in total. The highest BCUT2D eigenvalue weighted by molar-refractivity contribution is 5.39. The Morgan fingerprint density at radius 2 is 1.76 bits per heavy atom. The molecule has 1 spiro atoms. The highest BCUT2D eigenvalue weighted by Crippen LogP contribution is 2.52. The van der Waals surface area contributed by atoms with Crippen LogP contribution in [0.5, 0.6) is 0 Å². The van der Waals surface area contributed by atoms with E-state index in [1.54, 1.807) is 6.33 Å². The number of nitrogens with zero attached hydrogens (tertiary/aromatic N) is 4. The van der Waals surface area contributed by atoms with Crippen molar-refractivity contribution in [2.75, 3.05) is 4.90 Å². The number of anilines is 1. The van der Waals surface area contributed by atoms with Gasteiger partial charge in [0.2, 0.25) is 5.95 Å². The highest BCUT2D eigenvalue weighted by atomic mass is 15.5. The van der Waals surface area contributed by atoms with Gasteiger partial charge in [0.1, 0.15) is 6.33 Å². The molecule has 25 heavy (non-hydrogen) atoms. The molecule has 2 unspecified atom stereocenters. The maximum Gasteiger partial charge on any atom is 0.224 e. The van der Waals surface area contributed by atoms with Gasteiger partial charge in [-0.15, -0.1) is 0 Å². The molecule has 0 amide bonds. The number of hydrogen-bond donors (Lipinski definition) is 0. The predicted molar refractivity (Wildman–Crippen MR) is 99.5 cm³/mol. The quantitative estimate of drug-likeness (QED) is 0.809. The van der Waals surface area contributed by atoms with Crippen LogP contribution in [0.3, 0.4) is 0 Å². The predicted octanol–water partition coefficient (Wildman–Crippen LogP) is 4.52. The zero-order chi connectivity index (χ0) is 16.7. The van der Waals surface area contributed by atoms with Crippen molar-refractivity contribution < 1.29 is 0 Å². The van der Waals surface area contributed by atoms with Crippen molar-refractivity contribution in [3.8, 4) is 0 Å². The Morgan fingerprint density at radius 3 is 2.60 bits per heavy atom. The van der Waals surface area contributed by atoms with Crippen LogP contribution in [0.25, 0.3) is 0 Å². The van der Waals surface area contributed by atoms with Crippen LogP contribution in [0.1, 0.15) is 63.4 Å². The standard InChI is InChI=1S/C21H28N4/c1-3-9-17(10-4-1)15-24-19-12-6-5-11-18(19)21(13-7-2-8-14-21)25-20(24)22-16-23-25/h1,3-4,9-10,16,18-19H,2,5-8,11-15H2. The van der Waals surface area contributed by atoms with Crippen LogP contribution in [0.2, 0.25) is 0 Å². The SMILES string of the molecule is c1ccc(CN2c3ncnn3C3(CCCCC3)C3CCCCC32)cc1. The molecule has 0 radical (unpaired) electrons. The van der Waals surface area contributed by atoms with Crippen LogP contribution in [-0.4, -0.2) is 20.8 Å². The average Bonchev–Trinajstić information content (AvgIpc) is 3.18. The number of aromatic nitrogens is 3. The van der Waals surface area contributed by atoms with E-state index in [-0.39, 0.29) is 5.54 Å². The topological polar surface area (TPSA) is 34.0 Å². The third kappa shape index (κ3) is 2.41. The van der Waals surface area contributed by atoms with Crippen LogP contribution in [0.15, 0.2) is 36.7 Å². The molecule has 2 fully saturated rings. The molecule has 0 saturated heterocycles. The van der Waals surface area contributed by atoms with Gasteiger partial charge in [-0.25, -0.2) is 4.68 Å². The Kier molecular flexibility index (Phi) is 3.79. The number of fused-ring (bicyclic) bond motifs is 4. The van der Waals surface area contributed by atoms with E-state index in [1.165, 1.54) is 63.4 Å². The minimum absolute atomic E-state index is 0.238. The lowest BCUT2D eigenvalue weighted by Crippen LogP contribution is -2.60. The van der Waals surface area contributed by atoms with E-state index in [2.05, 4.69) is 39.9 Å². The van der Waals surface area contributed by atoms with E-state index in [0.29, 0.717) is 6.04 Å². The minimum atomic E-state index is 0.238. The summed E-state index contributed by atoms with van der Waals surface area (Å²) >= 11 is 0. The molecule has 132 valence electrons. The largest absolute Gasteiger partial charge is 0.333 e. The van der Waals surface area contributed by atoms with E-state index < -0.39 is 0 Å². The van der Waals surface area contributed by atoms with Crippen molar-refractivity contribution >= 4 is 5.95 Å². The van der Waals surface area contributed by atoms with Gasteiger partial charge < -0.3 is 4.90 Å². The van der Waals surface area contributed by atoms with E-state index in [1.807, 2.05) is 0 Å². The summed E-state index contributed by atoms with van der Waals surface area (Å²) in [7, 11) is 0. The van der Waals surface area contributed by atoms with Crippen LogP contribution in [0.4, 0.5) is 5.95 Å². The summed E-state index contributed by atoms with van der Waals surface area (Å²) in [5, 5.41) is 4.78. The average molecular weight is 336 g/mol. The molecule has 0 bridgehead atoms. The molecule has 4 heteroatoms. The first-order valence-electron chi connectivity index (χ1n) is 10.1. The molecule has 1 aliphatic heterocycles. The summed E-state index contributed by atoms with van der Waals surface area (Å²) in [5.74, 6) is 1.85. The molecular weight excluding hydrogens is 308 g/mol. The third-order valence-electron chi connectivity index (χ3n) is 6.94. The van der Waals surface area contributed by atoms with Crippen molar-refractivity contribution in [1.82, 2.24) is 14.8 Å². The van der Waals surface area contributed by atoms with Gasteiger partial charge in [-0.3, -0.25) is 0 Å². The van der Waals surface area contributed by atoms with E-state index in [4.69, 9.17) is 10.1 Å². The monoisotopic (exact) mass is 336 g/mol. The molecule has 2 aromatic rings. The van der Waals surface area contributed by atoms with E-state index >= 15 is 0 Å². The minimum Gasteiger partial charge on any atom is -0.333 e. The van der Waals surface area contributed by atoms with Crippen molar-refractivity contribution in [2.24, 2.45) is 5.92 Å². The van der Waals surface area contributed by atoms with Gasteiger partial charge in [-0.2, -0.15) is 10.1 Å². The van der Waals surface area contributed by atoms with E-state index in [9.17, 15) is 0 Å². The molecule has 5 rings (SSSR count). The lowest BCUT2D eigenvalue weighted by atomic mass is 9.64. The lowest BCUT2D eigenvalue weighted by molar-refractivity contribution is 0.0318. The van der Waals surface area contributed by atoms with Gasteiger partial charge in [0, 0.05) is 18.5 Å². The maximum absolute atomic E-state index is 4.78. The second-order valence-electron chi connectivity index (χ2n) is 8.21. The summed E-state index contributed by atoms with van der Waals surface area (Å²) in [5.41, 5.74) is 1.61. The maximum atomic E-state index is 4.78. The smallest absolute Gasteiger partial charge is 0.224 e. The molecule has 3 aliphatic rings. The number of rotatable bonds is 2. The van der Waals surface area contributed by atoms with Gasteiger partial charge in [0.05, 0.1) is 5.54 Å². The Hall–Kier alpha value is -1.84. The van der Waals surface area contributed by atoms with Gasteiger partial charge >= 0.3 is 0 Å². The summed E-state index contributed by atoms with van der Waals surface area (Å²) < 4.78 is 2.35. The van der Waals surface area contributed by atoms with Crippen molar-refractivity contribution in [3.63, 3.8) is 0 Å². The Bertz CT molecular complexity index is 717. The number of benzene rings is 1. The normalized spacial score (nSPS) is 27.8. The zero-order valence-electron chi connectivity index (χ0n) is 15.0. The second-order valence-corrected chi connectivity index (χ2v) is 8.21. The van der Waals surface area contributed by atoms with Gasteiger partial charge in [-0.1, -0.05) is 62.4 Å². The lowest BCUT2D eigenvalue weighted by Gasteiger charge is -2.56. The van der Waals surface area contributed by atoms with Crippen LogP contribution in [0, 0.1) is 5.92 Å². The molecule has 2 atom stereocenters. The first-order chi connectivity index (χ1) is 12.4. The molecule has 0 N–H and O–H groups in total. The van der Waals surface area contributed by atoms with Crippen LogP contribution in [-0.2, 0) is 12.1 Å². The highest BCUT2D eigenvalue weighted by Gasteiger charge is 2.53. The summed E-state index contributed by atoms with van der Waals surface area (Å²) in [6.45, 7) is 0.955. The zero-order valence-corrected chi connectivity index (χ0v) is 15.0. The fourth-order valence-electron chi connectivity index (χ4n) is 5.88. The number of hydrogen-bond acceptors (Lipinski definition) is 3. The molecular formula is C21H28N4. The Morgan fingerprint density at radius 1 is 0.960 bits per heavy atom. The Labute approximate surface area is 150 Å². The fraction of sp³-hybridized carbons (Fsp3) is 0.619. The third-order valence-corrected chi connectivity index (χ3v) is 6.94. The Balaban J connectivity index is 1.58. The van der Waals surface area contributed by atoms with Gasteiger partial charge in [-0.05, 0) is 31.2 Å². The van der Waals surface area contributed by atoms with Crippen molar-refractivity contribution in [3.05, 3.63) is 42.2 Å². The van der Waals surface area contributed by atoms with Crippen LogP contribution >= 0.6 is 0 Å². The van der Waals surface area contributed by atoms with Gasteiger partial charge in [0.25, 0.3) is 0 Å². The first-order valence-corrected chi connectivity index (χ1v) is 10.1. The molecule has 2 saturated carbocycles. The van der Waals surface area contributed by atoms with E-state index in [0.717, 1.165) is 18.4 Å². The molecule has 1 aromatic carbocycles. The van der Waals surface area contributed by atoms with Crippen molar-refractivity contribution in [2.45, 2.75) is 75.9 Å². The fourth-order valence-corrected chi connectivity index (χ4v) is 5.88. The van der Waals surface area contributed by atoms with Gasteiger partial charge in [0.15, 0.2) is 0 Å². The summed E-state index contributed by atoms with van der Waals surface area (Å²) in [6.07, 6.45) is 13.9. The first kappa shape index (κ1) is 15.4. The molecule has 2 heterocycles. The van der Waals surface area contributed by atoms with Crippen molar-refractivity contribution in [1.29, 1.82) is 0 Å². The summed E-state index contributed by atoms with van der Waals surface area (Å²) in [6, 6.07) is 11.5. The summed E-state index contributed by atoms with van der Waals surface area (Å²) in [4.78, 5) is 7.33. The van der Waals surface area contributed by atoms with Crippen LogP contribution < -0.4 is 4.90 Å². The molecule has 1 aromatic heterocycles. The molecule has 2 aliphatic carbocycles.